The third-order valence-electron chi connectivity index (χ3n) is 4.99. The first-order chi connectivity index (χ1) is 10.8. The van der Waals surface area contributed by atoms with Gasteiger partial charge in [-0.2, -0.15) is 0 Å². The maximum absolute atomic E-state index is 12.5. The smallest absolute Gasteiger partial charge is 0.326 e. The fourth-order valence-corrected chi connectivity index (χ4v) is 3.22. The van der Waals surface area contributed by atoms with Gasteiger partial charge in [-0.25, -0.2) is 9.59 Å². The highest BCUT2D eigenvalue weighted by atomic mass is 16.4. The molecule has 8 heteroatoms. The van der Waals surface area contributed by atoms with E-state index in [0.29, 0.717) is 0 Å². The summed E-state index contributed by atoms with van der Waals surface area (Å²) in [4.78, 5) is 50.5. The molecule has 8 nitrogen and oxygen atoms in total. The summed E-state index contributed by atoms with van der Waals surface area (Å²) in [7, 11) is 0. The summed E-state index contributed by atoms with van der Waals surface area (Å²) in [5.74, 6) is -1.86. The molecule has 0 aromatic rings. The van der Waals surface area contributed by atoms with Gasteiger partial charge in [-0.05, 0) is 45.4 Å². The van der Waals surface area contributed by atoms with Gasteiger partial charge in [-0.3, -0.25) is 14.5 Å². The van der Waals surface area contributed by atoms with Crippen LogP contribution in [0.15, 0.2) is 0 Å². The van der Waals surface area contributed by atoms with E-state index in [1.165, 1.54) is 11.8 Å². The van der Waals surface area contributed by atoms with Crippen LogP contribution in [0.2, 0.25) is 0 Å². The minimum absolute atomic E-state index is 0.107. The Morgan fingerprint density at radius 3 is 2.43 bits per heavy atom. The van der Waals surface area contributed by atoms with Crippen molar-refractivity contribution in [3.05, 3.63) is 0 Å². The van der Waals surface area contributed by atoms with Crippen molar-refractivity contribution in [1.29, 1.82) is 0 Å². The monoisotopic (exact) mass is 323 g/mol. The molecule has 1 heterocycles. The summed E-state index contributed by atoms with van der Waals surface area (Å²) in [6.07, 6.45) is 3.27. The van der Waals surface area contributed by atoms with Gasteiger partial charge in [0.2, 0.25) is 5.91 Å². The molecule has 2 N–H and O–H groups in total. The van der Waals surface area contributed by atoms with E-state index < -0.39 is 41.9 Å². The largest absolute Gasteiger partial charge is 0.480 e. The van der Waals surface area contributed by atoms with Crippen molar-refractivity contribution in [3.63, 3.8) is 0 Å². The molecule has 3 fully saturated rings. The Morgan fingerprint density at radius 1 is 1.35 bits per heavy atom. The second-order valence-corrected chi connectivity index (χ2v) is 6.84. The van der Waals surface area contributed by atoms with Crippen LogP contribution in [0, 0.1) is 5.92 Å². The Bertz CT molecular complexity index is 584. The summed E-state index contributed by atoms with van der Waals surface area (Å²) >= 11 is 0. The molecule has 2 aliphatic carbocycles. The number of carbonyl (C=O) groups is 4. The van der Waals surface area contributed by atoms with Gasteiger partial charge in [0.25, 0.3) is 5.91 Å². The van der Waals surface area contributed by atoms with Crippen molar-refractivity contribution in [2.75, 3.05) is 6.54 Å². The number of rotatable bonds is 6. The first-order valence-corrected chi connectivity index (χ1v) is 7.93. The van der Waals surface area contributed by atoms with E-state index >= 15 is 0 Å². The molecular formula is C15H21N3O5. The van der Waals surface area contributed by atoms with Crippen molar-refractivity contribution >= 4 is 23.8 Å². The van der Waals surface area contributed by atoms with Gasteiger partial charge in [-0.15, -0.1) is 0 Å². The maximum atomic E-state index is 12.5. The Balaban J connectivity index is 1.72. The van der Waals surface area contributed by atoms with Crippen LogP contribution in [0.25, 0.3) is 0 Å². The van der Waals surface area contributed by atoms with Gasteiger partial charge in [0.05, 0.1) is 0 Å². The van der Waals surface area contributed by atoms with Gasteiger partial charge in [0.1, 0.15) is 18.1 Å². The molecule has 3 rings (SSSR count). The average molecular weight is 323 g/mol. The number of nitrogens with one attached hydrogen (secondary N) is 1. The third kappa shape index (κ3) is 2.66. The fraction of sp³-hybridized carbons (Fsp3) is 0.733. The van der Waals surface area contributed by atoms with E-state index in [2.05, 4.69) is 5.32 Å². The van der Waals surface area contributed by atoms with Crippen molar-refractivity contribution in [3.8, 4) is 0 Å². The van der Waals surface area contributed by atoms with Crippen molar-refractivity contribution in [1.82, 2.24) is 15.1 Å². The second kappa shape index (κ2) is 5.21. The lowest BCUT2D eigenvalue weighted by Gasteiger charge is -2.28. The van der Waals surface area contributed by atoms with Crippen molar-refractivity contribution < 1.29 is 24.3 Å². The van der Waals surface area contributed by atoms with Gasteiger partial charge < -0.3 is 15.3 Å². The highest BCUT2D eigenvalue weighted by Crippen LogP contribution is 2.42. The van der Waals surface area contributed by atoms with Gasteiger partial charge >= 0.3 is 12.0 Å². The molecule has 2 unspecified atom stereocenters. The number of imide groups is 1. The van der Waals surface area contributed by atoms with Crippen LogP contribution in [0.3, 0.4) is 0 Å². The lowest BCUT2D eigenvalue weighted by molar-refractivity contribution is -0.151. The number of carbonyl (C=O) groups excluding carboxylic acids is 3. The van der Waals surface area contributed by atoms with E-state index in [-0.39, 0.29) is 12.0 Å². The van der Waals surface area contributed by atoms with Gasteiger partial charge in [0, 0.05) is 6.04 Å². The normalized spacial score (nSPS) is 28.5. The number of hydrogen-bond acceptors (Lipinski definition) is 4. The first-order valence-electron chi connectivity index (χ1n) is 7.93. The molecule has 0 aromatic heterocycles. The number of carboxylic acid groups (broad SMARTS) is 1. The van der Waals surface area contributed by atoms with E-state index in [0.717, 1.165) is 30.6 Å². The molecule has 0 bridgehead atoms. The lowest BCUT2D eigenvalue weighted by atomic mass is 9.96. The Kier molecular flexibility index (Phi) is 3.57. The van der Waals surface area contributed by atoms with E-state index in [1.807, 2.05) is 0 Å². The van der Waals surface area contributed by atoms with Gasteiger partial charge in [0.15, 0.2) is 0 Å². The maximum Gasteiger partial charge on any atom is 0.326 e. The summed E-state index contributed by atoms with van der Waals surface area (Å²) < 4.78 is 0. The molecule has 1 saturated heterocycles. The van der Waals surface area contributed by atoms with Crippen LogP contribution in [0.5, 0.6) is 0 Å². The zero-order chi connectivity index (χ0) is 16.9. The number of carboxylic acids is 1. The zero-order valence-electron chi connectivity index (χ0n) is 13.2. The predicted octanol–water partition coefficient (Wildman–Crippen LogP) is 0.171. The number of hydrogen-bond donors (Lipinski definition) is 2. The Hall–Kier alpha value is -2.12. The first kappa shape index (κ1) is 15.8. The van der Waals surface area contributed by atoms with E-state index in [9.17, 15) is 19.2 Å². The topological polar surface area (TPSA) is 107 Å². The molecule has 3 aliphatic rings. The summed E-state index contributed by atoms with van der Waals surface area (Å²) in [5, 5.41) is 11.8. The van der Waals surface area contributed by atoms with Crippen LogP contribution in [0.1, 0.15) is 39.5 Å². The zero-order valence-corrected chi connectivity index (χ0v) is 13.2. The minimum atomic E-state index is -1.09. The SMILES string of the molecule is CC(C(=O)O)N(C(=O)CN1C(=O)NC(C)(C2CC2)C1=O)C1CC1. The van der Waals surface area contributed by atoms with Crippen molar-refractivity contribution in [2.24, 2.45) is 5.92 Å². The van der Waals surface area contributed by atoms with Crippen LogP contribution in [0.4, 0.5) is 4.79 Å². The fourth-order valence-electron chi connectivity index (χ4n) is 3.22. The number of amides is 4. The number of urea groups is 1. The summed E-state index contributed by atoms with van der Waals surface area (Å²) in [6.45, 7) is 2.73. The average Bonchev–Trinajstić information content (AvgIpc) is 3.35. The minimum Gasteiger partial charge on any atom is -0.480 e. The molecule has 4 amide bonds. The molecule has 1 aliphatic heterocycles. The van der Waals surface area contributed by atoms with E-state index in [4.69, 9.17) is 5.11 Å². The lowest BCUT2D eigenvalue weighted by Crippen LogP contribution is -2.50. The molecule has 2 atom stereocenters. The molecule has 23 heavy (non-hydrogen) atoms. The Morgan fingerprint density at radius 2 is 1.96 bits per heavy atom. The van der Waals surface area contributed by atoms with Crippen molar-refractivity contribution in [2.45, 2.75) is 57.2 Å². The molecule has 0 aromatic carbocycles. The van der Waals surface area contributed by atoms with Crippen LogP contribution in [-0.4, -0.2) is 62.9 Å². The van der Waals surface area contributed by atoms with Crippen LogP contribution >= 0.6 is 0 Å². The summed E-state index contributed by atoms with van der Waals surface area (Å²) in [5.41, 5.74) is -0.930. The standard InChI is InChI=1S/C15H21N3O5/c1-8(12(20)21)18(10-5-6-10)11(19)7-17-13(22)15(2,9-3-4-9)16-14(17)23/h8-10H,3-7H2,1-2H3,(H,16,23)(H,20,21). The highest BCUT2D eigenvalue weighted by molar-refractivity contribution is 6.09. The summed E-state index contributed by atoms with van der Waals surface area (Å²) in [6, 6.07) is -1.65. The highest BCUT2D eigenvalue weighted by Gasteiger charge is 2.56. The molecule has 126 valence electrons. The molecule has 0 spiro atoms. The molecular weight excluding hydrogens is 302 g/mol. The van der Waals surface area contributed by atoms with E-state index in [1.54, 1.807) is 6.92 Å². The number of nitrogens with zero attached hydrogens (tertiary/aromatic N) is 2. The predicted molar refractivity (Wildman–Crippen MR) is 78.3 cm³/mol. The van der Waals surface area contributed by atoms with Crippen LogP contribution in [-0.2, 0) is 14.4 Å². The number of aliphatic carboxylic acids is 1. The quantitative estimate of drug-likeness (QED) is 0.678. The van der Waals surface area contributed by atoms with Gasteiger partial charge in [-0.1, -0.05) is 0 Å². The molecule has 2 saturated carbocycles. The third-order valence-corrected chi connectivity index (χ3v) is 4.99. The Labute approximate surface area is 133 Å². The molecule has 0 radical (unpaired) electrons. The van der Waals surface area contributed by atoms with Crippen LogP contribution < -0.4 is 5.32 Å². The second-order valence-electron chi connectivity index (χ2n) is 6.84.